The summed E-state index contributed by atoms with van der Waals surface area (Å²) in [5.41, 5.74) is 3.01. The van der Waals surface area contributed by atoms with Crippen molar-refractivity contribution in [3.63, 3.8) is 0 Å². The van der Waals surface area contributed by atoms with Gasteiger partial charge in [-0.15, -0.1) is 0 Å². The number of carbonyl (C=O) groups is 1. The molecule has 158 valence electrons. The molecule has 0 saturated heterocycles. The Morgan fingerprint density at radius 1 is 0.933 bits per heavy atom. The fraction of sp³-hybridized carbons (Fsp3) is 0.333. The van der Waals surface area contributed by atoms with Crippen LogP contribution in [0.15, 0.2) is 54.7 Å². The Bertz CT molecular complexity index is 995. The van der Waals surface area contributed by atoms with Gasteiger partial charge in [0.25, 0.3) is 5.82 Å². The third-order valence-corrected chi connectivity index (χ3v) is 5.61. The number of halogens is 1. The second kappa shape index (κ2) is 9.94. The third kappa shape index (κ3) is 4.59. The van der Waals surface area contributed by atoms with E-state index >= 15 is 0 Å². The molecule has 0 atom stereocenters. The van der Waals surface area contributed by atoms with Gasteiger partial charge in [0.15, 0.2) is 12.2 Å². The van der Waals surface area contributed by atoms with Crippen LogP contribution in [0, 0.1) is 0 Å². The van der Waals surface area contributed by atoms with Crippen LogP contribution in [-0.2, 0) is 19.5 Å². The van der Waals surface area contributed by atoms with Crippen LogP contribution in [0.25, 0.3) is 11.3 Å². The first kappa shape index (κ1) is 22.1. The van der Waals surface area contributed by atoms with Crippen molar-refractivity contribution in [2.75, 3.05) is 14.2 Å². The van der Waals surface area contributed by atoms with Gasteiger partial charge in [-0.05, 0) is 67.8 Å². The third-order valence-electron chi connectivity index (χ3n) is 5.61. The molecular formula is C24H27BrN2O3. The molecule has 0 amide bonds. The van der Waals surface area contributed by atoms with Crippen molar-refractivity contribution in [3.8, 4) is 22.8 Å². The van der Waals surface area contributed by atoms with Gasteiger partial charge in [-0.1, -0.05) is 0 Å². The van der Waals surface area contributed by atoms with Crippen LogP contribution < -0.4 is 31.0 Å². The minimum atomic E-state index is 0. The first-order valence-corrected chi connectivity index (χ1v) is 10.1. The zero-order chi connectivity index (χ0) is 20.2. The first-order valence-electron chi connectivity index (χ1n) is 10.1. The summed E-state index contributed by atoms with van der Waals surface area (Å²) in [7, 11) is 3.31. The molecule has 0 spiro atoms. The highest BCUT2D eigenvalue weighted by atomic mass is 79.9. The average molecular weight is 471 g/mol. The summed E-state index contributed by atoms with van der Waals surface area (Å²) in [4.78, 5) is 12.9. The molecule has 0 fully saturated rings. The number of benzene rings is 2. The number of fused-ring (bicyclic) bond motifs is 1. The van der Waals surface area contributed by atoms with E-state index in [4.69, 9.17) is 9.47 Å². The Morgan fingerprint density at radius 2 is 1.57 bits per heavy atom. The van der Waals surface area contributed by atoms with Crippen molar-refractivity contribution < 1.29 is 35.8 Å². The van der Waals surface area contributed by atoms with Gasteiger partial charge in [0.1, 0.15) is 17.7 Å². The molecule has 0 N–H and O–H groups in total. The van der Waals surface area contributed by atoms with E-state index in [1.807, 2.05) is 36.4 Å². The molecule has 30 heavy (non-hydrogen) atoms. The maximum absolute atomic E-state index is 12.9. The lowest BCUT2D eigenvalue weighted by molar-refractivity contribution is -0.690. The molecule has 0 bridgehead atoms. The van der Waals surface area contributed by atoms with Gasteiger partial charge < -0.3 is 26.5 Å². The lowest BCUT2D eigenvalue weighted by atomic mass is 10.1. The number of carbonyl (C=O) groups excluding carboxylic acids is 1. The van der Waals surface area contributed by atoms with E-state index in [0.717, 1.165) is 48.6 Å². The predicted molar refractivity (Wildman–Crippen MR) is 111 cm³/mol. The van der Waals surface area contributed by atoms with E-state index in [1.54, 1.807) is 14.2 Å². The fourth-order valence-corrected chi connectivity index (χ4v) is 4.00. The highest BCUT2D eigenvalue weighted by molar-refractivity contribution is 5.95. The molecule has 2 aromatic carbocycles. The van der Waals surface area contributed by atoms with Crippen molar-refractivity contribution in [2.24, 2.45) is 0 Å². The number of methoxy groups -OCH3 is 2. The number of imidazole rings is 1. The lowest BCUT2D eigenvalue weighted by Gasteiger charge is -2.04. The van der Waals surface area contributed by atoms with Crippen molar-refractivity contribution in [1.82, 2.24) is 4.57 Å². The minimum absolute atomic E-state index is 0. The molecule has 0 unspecified atom stereocenters. The van der Waals surface area contributed by atoms with Crippen LogP contribution in [0.3, 0.4) is 0 Å². The minimum Gasteiger partial charge on any atom is -1.00 e. The number of Topliss-reactive ketones (excluding diaryl/α,β-unsaturated/α-hetero) is 1. The zero-order valence-corrected chi connectivity index (χ0v) is 19.0. The summed E-state index contributed by atoms with van der Waals surface area (Å²) in [5.74, 6) is 2.94. The zero-order valence-electron chi connectivity index (χ0n) is 17.4. The number of aromatic nitrogens is 2. The summed E-state index contributed by atoms with van der Waals surface area (Å²) in [6, 6.07) is 15.5. The molecule has 0 radical (unpaired) electrons. The second-order valence-electron chi connectivity index (χ2n) is 7.40. The standard InChI is InChI=1S/C24H27N2O3.BrH/c1-28-20-11-7-18(8-12-20)22-16-25(24-6-4-3-5-15-26(22)24)17-23(27)19-9-13-21(29-2)14-10-19;/h7-14,16H,3-6,15,17H2,1-2H3;1H/q+1;/p-1. The van der Waals surface area contributed by atoms with Gasteiger partial charge in [-0.2, -0.15) is 0 Å². The van der Waals surface area contributed by atoms with Gasteiger partial charge >= 0.3 is 0 Å². The van der Waals surface area contributed by atoms with E-state index < -0.39 is 0 Å². The molecule has 4 rings (SSSR count). The van der Waals surface area contributed by atoms with Gasteiger partial charge in [0.2, 0.25) is 5.78 Å². The maximum Gasteiger partial charge on any atom is 0.257 e. The van der Waals surface area contributed by atoms with Gasteiger partial charge in [0, 0.05) is 17.5 Å². The summed E-state index contributed by atoms with van der Waals surface area (Å²) >= 11 is 0. The van der Waals surface area contributed by atoms with Crippen LogP contribution >= 0.6 is 0 Å². The van der Waals surface area contributed by atoms with Crippen LogP contribution in [0.5, 0.6) is 11.5 Å². The second-order valence-corrected chi connectivity index (χ2v) is 7.40. The molecule has 0 aliphatic carbocycles. The average Bonchev–Trinajstić information content (AvgIpc) is 2.93. The molecule has 6 heteroatoms. The van der Waals surface area contributed by atoms with Gasteiger partial charge in [-0.3, -0.25) is 4.79 Å². The number of hydrogen-bond acceptors (Lipinski definition) is 3. The van der Waals surface area contributed by atoms with Crippen LogP contribution in [-0.4, -0.2) is 24.6 Å². The highest BCUT2D eigenvalue weighted by Gasteiger charge is 2.27. The monoisotopic (exact) mass is 470 g/mol. The Kier molecular flexibility index (Phi) is 7.32. The number of hydrogen-bond donors (Lipinski definition) is 0. The van der Waals surface area contributed by atoms with Gasteiger partial charge in [-0.25, -0.2) is 9.13 Å². The quantitative estimate of drug-likeness (QED) is 0.399. The van der Waals surface area contributed by atoms with E-state index in [9.17, 15) is 4.79 Å². The highest BCUT2D eigenvalue weighted by Crippen LogP contribution is 2.26. The Hall–Kier alpha value is -2.60. The van der Waals surface area contributed by atoms with Crippen molar-refractivity contribution >= 4 is 5.78 Å². The molecule has 0 saturated carbocycles. The molecule has 3 aromatic rings. The summed E-state index contributed by atoms with van der Waals surface area (Å²) < 4.78 is 15.0. The SMILES string of the molecule is COc1ccc(C(=O)C[n+]2cc(-c3ccc(OC)cc3)n3c2CCCCC3)cc1.[Br-]. The number of rotatable bonds is 6. The fourth-order valence-electron chi connectivity index (χ4n) is 4.00. The molecule has 5 nitrogen and oxygen atoms in total. The van der Waals surface area contributed by atoms with E-state index in [2.05, 4.69) is 27.5 Å². The summed E-state index contributed by atoms with van der Waals surface area (Å²) in [5, 5.41) is 0. The Morgan fingerprint density at radius 3 is 2.20 bits per heavy atom. The molecular weight excluding hydrogens is 444 g/mol. The van der Waals surface area contributed by atoms with Crippen LogP contribution in [0.1, 0.15) is 35.4 Å². The molecule has 2 heterocycles. The van der Waals surface area contributed by atoms with E-state index in [0.29, 0.717) is 12.1 Å². The van der Waals surface area contributed by atoms with Crippen LogP contribution in [0.2, 0.25) is 0 Å². The number of ketones is 1. The van der Waals surface area contributed by atoms with E-state index in [1.165, 1.54) is 12.2 Å². The van der Waals surface area contributed by atoms with Gasteiger partial charge in [0.05, 0.1) is 20.8 Å². The number of nitrogens with zero attached hydrogens (tertiary/aromatic N) is 2. The predicted octanol–water partition coefficient (Wildman–Crippen LogP) is 1.07. The van der Waals surface area contributed by atoms with Crippen LogP contribution in [0.4, 0.5) is 0 Å². The molecule has 1 aromatic heterocycles. The lowest BCUT2D eigenvalue weighted by Crippen LogP contribution is -3.00. The smallest absolute Gasteiger partial charge is 0.257 e. The maximum atomic E-state index is 12.9. The summed E-state index contributed by atoms with van der Waals surface area (Å²) in [6.07, 6.45) is 6.66. The summed E-state index contributed by atoms with van der Waals surface area (Å²) in [6.45, 7) is 1.33. The topological polar surface area (TPSA) is 44.3 Å². The van der Waals surface area contributed by atoms with Crippen molar-refractivity contribution in [1.29, 1.82) is 0 Å². The normalized spacial score (nSPS) is 13.0. The van der Waals surface area contributed by atoms with E-state index in [-0.39, 0.29) is 22.8 Å². The first-order chi connectivity index (χ1) is 14.2. The Labute approximate surface area is 188 Å². The Balaban J connectivity index is 0.00000256. The molecule has 1 aliphatic rings. The number of ether oxygens (including phenoxy) is 2. The van der Waals surface area contributed by atoms with Crippen molar-refractivity contribution in [2.45, 2.75) is 38.8 Å². The largest absolute Gasteiger partial charge is 1.00 e. The molecule has 1 aliphatic heterocycles. The van der Waals surface area contributed by atoms with Crippen molar-refractivity contribution in [3.05, 3.63) is 66.1 Å².